The fraction of sp³-hybridized carbons (Fsp3) is 1.00. The van der Waals surface area contributed by atoms with Gasteiger partial charge in [0.15, 0.2) is 0 Å². The predicted molar refractivity (Wildman–Crippen MR) is 32.5 cm³/mol. The third-order valence-electron chi connectivity index (χ3n) is 1.21. The molecule has 1 aliphatic heterocycles. The predicted octanol–water partition coefficient (Wildman–Crippen LogP) is -2.62. The monoisotopic (exact) mass is 144 g/mol. The molecule has 0 amide bonds. The Morgan fingerprint density at radius 1 is 0.875 bits per heavy atom. The molecule has 0 aliphatic carbocycles. The first-order valence-corrected chi connectivity index (χ1v) is 2.71. The second kappa shape index (κ2) is 8.02. The normalized spacial score (nSPS) is 18.0. The molecule has 44 valence electrons. The Labute approximate surface area is 73.2 Å². The van der Waals surface area contributed by atoms with Crippen LogP contribution in [0, 0.1) is 0 Å². The second-order valence-corrected chi connectivity index (χ2v) is 1.81. The van der Waals surface area contributed by atoms with Crippen LogP contribution in [0.25, 0.3) is 0 Å². The molecule has 1 heterocycles. The van der Waals surface area contributed by atoms with Crippen molar-refractivity contribution in [2.75, 3.05) is 13.1 Å². The van der Waals surface area contributed by atoms with Crippen LogP contribution in [-0.2, 0) is 0 Å². The van der Waals surface area contributed by atoms with E-state index in [1.807, 2.05) is 0 Å². The van der Waals surface area contributed by atoms with Crippen molar-refractivity contribution >= 4 is 23.1 Å². The summed E-state index contributed by atoms with van der Waals surface area (Å²) in [6.45, 7) is 2.50. The Bertz CT molecular complexity index is 27.9. The second-order valence-electron chi connectivity index (χ2n) is 1.81. The van der Waals surface area contributed by atoms with E-state index in [1.165, 1.54) is 32.4 Å². The van der Waals surface area contributed by atoms with Crippen molar-refractivity contribution in [1.82, 2.24) is 5.32 Å². The number of hydrogen-bond acceptors (Lipinski definition) is 1. The Morgan fingerprint density at radius 2 is 1.38 bits per heavy atom. The number of hydrogen-bond donors (Lipinski definition) is 1. The van der Waals surface area contributed by atoms with Crippen LogP contribution in [-0.4, -0.2) is 36.1 Å². The van der Waals surface area contributed by atoms with Crippen molar-refractivity contribution in [3.05, 3.63) is 0 Å². The Morgan fingerprint density at radius 3 is 1.50 bits per heavy atom. The maximum Gasteiger partial charge on any atom is 2.00 e. The number of piperidine rings is 1. The van der Waals surface area contributed by atoms with Gasteiger partial charge in [0.2, 0.25) is 0 Å². The average Bonchev–Trinajstić information content (AvgIpc) is 1.72. The molecule has 0 bridgehead atoms. The van der Waals surface area contributed by atoms with Crippen LogP contribution in [0.3, 0.4) is 0 Å². The van der Waals surface area contributed by atoms with Crippen molar-refractivity contribution in [2.24, 2.45) is 0 Å². The van der Waals surface area contributed by atoms with Crippen molar-refractivity contribution in [3.63, 3.8) is 0 Å². The summed E-state index contributed by atoms with van der Waals surface area (Å²) >= 11 is 0. The molecular weight excluding hydrogens is 134 g/mol. The summed E-state index contributed by atoms with van der Waals surface area (Å²) in [5.74, 6) is 0. The fourth-order valence-corrected chi connectivity index (χ4v) is 0.802. The van der Waals surface area contributed by atoms with Gasteiger partial charge in [0.25, 0.3) is 0 Å². The van der Waals surface area contributed by atoms with Gasteiger partial charge >= 0.3 is 23.1 Å². The van der Waals surface area contributed by atoms with E-state index in [9.17, 15) is 0 Å². The van der Waals surface area contributed by atoms with E-state index in [0.29, 0.717) is 0 Å². The summed E-state index contributed by atoms with van der Waals surface area (Å²) in [4.78, 5) is 0. The summed E-state index contributed by atoms with van der Waals surface area (Å²) in [5, 5.41) is 3.28. The third-order valence-corrected chi connectivity index (χ3v) is 1.21. The van der Waals surface area contributed by atoms with Crippen molar-refractivity contribution < 1.29 is 12.4 Å². The van der Waals surface area contributed by atoms with E-state index in [2.05, 4.69) is 5.32 Å². The molecule has 0 aromatic rings. The van der Waals surface area contributed by atoms with E-state index in [-0.39, 0.29) is 35.5 Å². The van der Waals surface area contributed by atoms with E-state index < -0.39 is 0 Å². The molecule has 0 aromatic heterocycles. The zero-order valence-electron chi connectivity index (χ0n) is 5.12. The van der Waals surface area contributed by atoms with Gasteiger partial charge in [-0.15, -0.1) is 0 Å². The number of rotatable bonds is 0. The molecule has 0 saturated carbocycles. The molecule has 0 radical (unpaired) electrons. The van der Waals surface area contributed by atoms with Gasteiger partial charge in [-0.25, -0.2) is 0 Å². The van der Waals surface area contributed by atoms with Crippen LogP contribution < -0.4 is 17.7 Å². The molecule has 1 rings (SSSR count). The molecule has 8 heavy (non-hydrogen) atoms. The van der Waals surface area contributed by atoms with E-state index in [1.54, 1.807) is 0 Å². The summed E-state index contributed by atoms with van der Waals surface area (Å²) in [6.07, 6.45) is 4.22. The van der Waals surface area contributed by atoms with Gasteiger partial charge in [-0.2, -0.15) is 0 Å². The molecule has 1 nitrogen and oxygen atoms in total. The molecular formula is C5H11ClMgN+. The summed E-state index contributed by atoms with van der Waals surface area (Å²) < 4.78 is 0. The Kier molecular flexibility index (Phi) is 11.8. The zero-order chi connectivity index (χ0) is 4.24. The van der Waals surface area contributed by atoms with Gasteiger partial charge in [-0.05, 0) is 25.9 Å². The third kappa shape index (κ3) is 5.16. The summed E-state index contributed by atoms with van der Waals surface area (Å²) in [7, 11) is 0. The molecule has 0 unspecified atom stereocenters. The number of nitrogens with one attached hydrogen (secondary N) is 1. The van der Waals surface area contributed by atoms with Gasteiger partial charge in [0, 0.05) is 0 Å². The summed E-state index contributed by atoms with van der Waals surface area (Å²) in [6, 6.07) is 0. The maximum atomic E-state index is 3.28. The molecule has 1 aliphatic rings. The Balaban J connectivity index is 0. The van der Waals surface area contributed by atoms with Gasteiger partial charge in [-0.1, -0.05) is 6.42 Å². The molecule has 0 spiro atoms. The van der Waals surface area contributed by atoms with Crippen LogP contribution in [0.5, 0.6) is 0 Å². The fourth-order valence-electron chi connectivity index (χ4n) is 0.802. The van der Waals surface area contributed by atoms with E-state index in [0.717, 1.165) is 0 Å². The van der Waals surface area contributed by atoms with Crippen LogP contribution >= 0.6 is 0 Å². The minimum Gasteiger partial charge on any atom is -1.00 e. The first-order chi connectivity index (χ1) is 3.00. The Hall–Kier alpha value is 1.02. The van der Waals surface area contributed by atoms with Gasteiger partial charge < -0.3 is 17.7 Å². The van der Waals surface area contributed by atoms with Crippen LogP contribution in [0.15, 0.2) is 0 Å². The van der Waals surface area contributed by atoms with Gasteiger partial charge in [-0.3, -0.25) is 0 Å². The first-order valence-electron chi connectivity index (χ1n) is 2.71. The smallest absolute Gasteiger partial charge is 1.00 e. The van der Waals surface area contributed by atoms with Crippen molar-refractivity contribution in [1.29, 1.82) is 0 Å². The molecule has 1 fully saturated rings. The quantitative estimate of drug-likeness (QED) is 0.368. The van der Waals surface area contributed by atoms with Gasteiger partial charge in [0.1, 0.15) is 0 Å². The molecule has 0 atom stereocenters. The maximum absolute atomic E-state index is 3.28. The van der Waals surface area contributed by atoms with Crippen molar-refractivity contribution in [3.8, 4) is 0 Å². The van der Waals surface area contributed by atoms with Crippen LogP contribution in [0.1, 0.15) is 19.3 Å². The van der Waals surface area contributed by atoms with Crippen LogP contribution in [0.4, 0.5) is 0 Å². The van der Waals surface area contributed by atoms with Crippen molar-refractivity contribution in [2.45, 2.75) is 19.3 Å². The minimum atomic E-state index is 0. The van der Waals surface area contributed by atoms with Gasteiger partial charge in [0.05, 0.1) is 0 Å². The molecule has 1 saturated heterocycles. The van der Waals surface area contributed by atoms with E-state index in [4.69, 9.17) is 0 Å². The van der Waals surface area contributed by atoms with Crippen LogP contribution in [0.2, 0.25) is 0 Å². The topological polar surface area (TPSA) is 12.0 Å². The number of halogens is 1. The molecule has 3 heteroatoms. The first kappa shape index (κ1) is 11.8. The largest absolute Gasteiger partial charge is 2.00 e. The molecule has 0 aromatic carbocycles. The minimum absolute atomic E-state index is 0. The summed E-state index contributed by atoms with van der Waals surface area (Å²) in [5.41, 5.74) is 0. The SMILES string of the molecule is C1CCNCC1.[Cl-].[Mg+2]. The average molecular weight is 145 g/mol. The molecule has 1 N–H and O–H groups in total. The van der Waals surface area contributed by atoms with E-state index >= 15 is 0 Å². The zero-order valence-corrected chi connectivity index (χ0v) is 7.29. The standard InChI is InChI=1S/C5H11N.ClH.Mg/c1-2-4-6-5-3-1;;/h6H,1-5H2;1H;/q;;+2/p-1.